The van der Waals surface area contributed by atoms with E-state index in [4.69, 9.17) is 5.26 Å². The van der Waals surface area contributed by atoms with Crippen LogP contribution in [-0.4, -0.2) is 4.98 Å². The van der Waals surface area contributed by atoms with E-state index < -0.39 is 33.8 Å². The summed E-state index contributed by atoms with van der Waals surface area (Å²) in [6.45, 7) is 0. The lowest BCUT2D eigenvalue weighted by molar-refractivity contribution is -0.145. The van der Waals surface area contributed by atoms with Crippen molar-refractivity contribution in [1.82, 2.24) is 4.98 Å². The van der Waals surface area contributed by atoms with Crippen molar-refractivity contribution in [2.75, 3.05) is 0 Å². The molecule has 1 aromatic rings. The summed E-state index contributed by atoms with van der Waals surface area (Å²) >= 11 is 4.29. The van der Waals surface area contributed by atoms with Gasteiger partial charge in [-0.3, -0.25) is 0 Å². The summed E-state index contributed by atoms with van der Waals surface area (Å²) in [6, 6.07) is 0.954. The van der Waals surface area contributed by atoms with Gasteiger partial charge in [-0.25, -0.2) is 0 Å². The maximum absolute atomic E-state index is 12.4. The predicted octanol–water partition coefficient (Wildman–Crippen LogP) is 3.65. The maximum atomic E-state index is 12.4. The smallest absolute Gasteiger partial charge is 0.341 e. The molecule has 0 aliphatic rings. The fraction of sp³-hybridized carbons (Fsp3) is 0.250. The van der Waals surface area contributed by atoms with Crippen molar-refractivity contribution >= 4 is 12.2 Å². The number of nitrogens with one attached hydrogen (secondary N) is 1. The molecule has 0 fully saturated rings. The molecule has 9 heteroatoms. The second-order valence-corrected chi connectivity index (χ2v) is 3.32. The van der Waals surface area contributed by atoms with Crippen LogP contribution in [0.25, 0.3) is 0 Å². The minimum atomic E-state index is -5.08. The zero-order chi connectivity index (χ0) is 13.4. The van der Waals surface area contributed by atoms with Crippen LogP contribution in [-0.2, 0) is 12.4 Å². The van der Waals surface area contributed by atoms with E-state index >= 15 is 0 Å². The van der Waals surface area contributed by atoms with E-state index in [2.05, 4.69) is 12.2 Å². The Morgan fingerprint density at radius 1 is 1.12 bits per heavy atom. The van der Waals surface area contributed by atoms with Gasteiger partial charge in [0.15, 0.2) is 0 Å². The standard InChI is InChI=1S/C8H2F6N2S/c9-7(10,11)4-1-5(8(12,13)14)16-6(17)3(4)2-15/h1H,(H,16,17). The number of aromatic nitrogens is 1. The Balaban J connectivity index is 3.64. The average molecular weight is 272 g/mol. The molecule has 0 bridgehead atoms. The first-order valence-electron chi connectivity index (χ1n) is 3.89. The highest BCUT2D eigenvalue weighted by molar-refractivity contribution is 7.71. The first kappa shape index (κ1) is 13.5. The van der Waals surface area contributed by atoms with Crippen LogP contribution >= 0.6 is 12.2 Å². The molecule has 92 valence electrons. The Morgan fingerprint density at radius 3 is 2.00 bits per heavy atom. The van der Waals surface area contributed by atoms with Crippen LogP contribution in [0.15, 0.2) is 6.07 Å². The summed E-state index contributed by atoms with van der Waals surface area (Å²) in [4.78, 5) is 1.55. The van der Waals surface area contributed by atoms with Gasteiger partial charge >= 0.3 is 12.4 Å². The molecule has 2 nitrogen and oxygen atoms in total. The number of nitriles is 1. The normalized spacial score (nSPS) is 12.3. The average Bonchev–Trinajstić information content (AvgIpc) is 2.13. The highest BCUT2D eigenvalue weighted by Gasteiger charge is 2.39. The summed E-state index contributed by atoms with van der Waals surface area (Å²) in [6.07, 6.45) is -10.1. The molecule has 1 N–H and O–H groups in total. The minimum Gasteiger partial charge on any atom is -0.341 e. The Labute approximate surface area is 95.5 Å². The van der Waals surface area contributed by atoms with Crippen LogP contribution in [0, 0.1) is 16.0 Å². The summed E-state index contributed by atoms with van der Waals surface area (Å²) in [7, 11) is 0. The number of alkyl halides is 6. The van der Waals surface area contributed by atoms with E-state index in [9.17, 15) is 26.3 Å². The van der Waals surface area contributed by atoms with Crippen LogP contribution in [0.1, 0.15) is 16.8 Å². The van der Waals surface area contributed by atoms with Gasteiger partial charge in [0.25, 0.3) is 0 Å². The first-order valence-corrected chi connectivity index (χ1v) is 4.30. The monoisotopic (exact) mass is 272 g/mol. The molecule has 0 amide bonds. The third kappa shape index (κ3) is 2.76. The Bertz CT molecular complexity index is 533. The van der Waals surface area contributed by atoms with E-state index in [-0.39, 0.29) is 6.07 Å². The molecule has 0 radical (unpaired) electrons. The molecule has 0 aliphatic heterocycles. The fourth-order valence-corrected chi connectivity index (χ4v) is 1.31. The van der Waals surface area contributed by atoms with Gasteiger partial charge in [-0.15, -0.1) is 0 Å². The summed E-state index contributed by atoms with van der Waals surface area (Å²) in [5, 5.41) is 8.44. The molecule has 0 atom stereocenters. The molecule has 17 heavy (non-hydrogen) atoms. The van der Waals surface area contributed by atoms with E-state index in [0.29, 0.717) is 0 Å². The zero-order valence-electron chi connectivity index (χ0n) is 7.70. The van der Waals surface area contributed by atoms with Crippen LogP contribution in [0.2, 0.25) is 0 Å². The van der Waals surface area contributed by atoms with Gasteiger partial charge < -0.3 is 4.98 Å². The van der Waals surface area contributed by atoms with Gasteiger partial charge in [-0.2, -0.15) is 31.6 Å². The van der Waals surface area contributed by atoms with Gasteiger partial charge in [0.2, 0.25) is 0 Å². The van der Waals surface area contributed by atoms with Crippen LogP contribution in [0.4, 0.5) is 26.3 Å². The molecule has 0 unspecified atom stereocenters. The number of hydrogen-bond donors (Lipinski definition) is 1. The number of rotatable bonds is 0. The maximum Gasteiger partial charge on any atom is 0.431 e. The molecule has 1 heterocycles. The third-order valence-corrected chi connectivity index (χ3v) is 2.06. The third-order valence-electron chi connectivity index (χ3n) is 1.76. The van der Waals surface area contributed by atoms with Crippen LogP contribution in [0.3, 0.4) is 0 Å². The number of halogens is 6. The molecule has 0 aliphatic carbocycles. The Morgan fingerprint density at radius 2 is 1.65 bits per heavy atom. The van der Waals surface area contributed by atoms with Gasteiger partial charge in [0.05, 0.1) is 11.1 Å². The van der Waals surface area contributed by atoms with Crippen molar-refractivity contribution in [3.05, 3.63) is 27.5 Å². The van der Waals surface area contributed by atoms with Gasteiger partial charge in [0, 0.05) is 0 Å². The summed E-state index contributed by atoms with van der Waals surface area (Å²) in [5.41, 5.74) is -4.37. The highest BCUT2D eigenvalue weighted by Crippen LogP contribution is 2.36. The number of H-pyrrole nitrogens is 1. The number of aromatic amines is 1. The second kappa shape index (κ2) is 4.03. The van der Waals surface area contributed by atoms with Crippen LogP contribution in [0.5, 0.6) is 0 Å². The van der Waals surface area contributed by atoms with E-state index in [1.54, 1.807) is 4.98 Å². The Kier molecular flexibility index (Phi) is 3.20. The Hall–Kier alpha value is -1.56. The quantitative estimate of drug-likeness (QED) is 0.578. The van der Waals surface area contributed by atoms with Crippen molar-refractivity contribution in [2.45, 2.75) is 12.4 Å². The molecule has 0 spiro atoms. The van der Waals surface area contributed by atoms with Crippen molar-refractivity contribution in [1.29, 1.82) is 5.26 Å². The molecule has 0 saturated carbocycles. The molecular weight excluding hydrogens is 270 g/mol. The van der Waals surface area contributed by atoms with Crippen LogP contribution < -0.4 is 0 Å². The highest BCUT2D eigenvalue weighted by atomic mass is 32.1. The topological polar surface area (TPSA) is 39.6 Å². The van der Waals surface area contributed by atoms with E-state index in [1.807, 2.05) is 0 Å². The minimum absolute atomic E-state index is 0.172. The molecular formula is C8H2F6N2S. The second-order valence-electron chi connectivity index (χ2n) is 2.91. The van der Waals surface area contributed by atoms with Crippen molar-refractivity contribution < 1.29 is 26.3 Å². The van der Waals surface area contributed by atoms with Crippen molar-refractivity contribution in [3.8, 4) is 6.07 Å². The lowest BCUT2D eigenvalue weighted by atomic mass is 10.1. The van der Waals surface area contributed by atoms with E-state index in [0.717, 1.165) is 6.07 Å². The largest absolute Gasteiger partial charge is 0.431 e. The van der Waals surface area contributed by atoms with Crippen molar-refractivity contribution in [2.24, 2.45) is 0 Å². The predicted molar refractivity (Wildman–Crippen MR) is 46.3 cm³/mol. The summed E-state index contributed by atoms with van der Waals surface area (Å²) in [5.74, 6) is 0. The van der Waals surface area contributed by atoms with Gasteiger partial charge in [-0.05, 0) is 6.07 Å². The zero-order valence-corrected chi connectivity index (χ0v) is 8.52. The number of pyridine rings is 1. The lowest BCUT2D eigenvalue weighted by Crippen LogP contribution is -2.15. The first-order chi connectivity index (χ1) is 7.57. The molecule has 1 aromatic heterocycles. The summed E-state index contributed by atoms with van der Waals surface area (Å²) < 4.78 is 73.1. The fourth-order valence-electron chi connectivity index (χ4n) is 1.05. The van der Waals surface area contributed by atoms with Gasteiger partial charge in [-0.1, -0.05) is 12.2 Å². The molecule has 1 rings (SSSR count). The van der Waals surface area contributed by atoms with Crippen molar-refractivity contribution in [3.63, 3.8) is 0 Å². The number of hydrogen-bond acceptors (Lipinski definition) is 2. The number of nitrogens with zero attached hydrogens (tertiary/aromatic N) is 1. The molecule has 0 aromatic carbocycles. The SMILES string of the molecule is N#Cc1c(C(F)(F)F)cc(C(F)(F)F)[nH]c1=S. The van der Waals surface area contributed by atoms with E-state index in [1.165, 1.54) is 0 Å². The van der Waals surface area contributed by atoms with Gasteiger partial charge in [0.1, 0.15) is 16.4 Å². The molecule has 0 saturated heterocycles. The lowest BCUT2D eigenvalue weighted by Gasteiger charge is -2.12.